The molecule has 0 spiro atoms. The summed E-state index contributed by atoms with van der Waals surface area (Å²) in [5.74, 6) is -0.154. The molecule has 2 N–H and O–H groups in total. The number of H-pyrrole nitrogens is 1. The van der Waals surface area contributed by atoms with Crippen LogP contribution in [0.25, 0.3) is 0 Å². The highest BCUT2D eigenvalue weighted by atomic mass is 32.2. The molecule has 1 saturated heterocycles. The second kappa shape index (κ2) is 6.90. The number of carbonyl (C=O) groups excluding carboxylic acids is 1. The van der Waals surface area contributed by atoms with Gasteiger partial charge in [0.15, 0.2) is 0 Å². The highest BCUT2D eigenvalue weighted by Gasteiger charge is 2.23. The molecule has 1 aromatic heterocycles. The van der Waals surface area contributed by atoms with Crippen molar-refractivity contribution in [3.05, 3.63) is 42.2 Å². The van der Waals surface area contributed by atoms with E-state index in [1.54, 1.807) is 28.8 Å². The minimum atomic E-state index is -3.73. The Morgan fingerprint density at radius 1 is 1.21 bits per heavy atom. The number of carbonyl (C=O) groups is 1. The standard InChI is InChI=1S/C16H19N3O3S2/c1-23-13-6-4-12(5-7-13)18-24(21,22)14-10-15(17-11-14)16(20)19-8-2-3-9-19/h4-7,10-11,17-18H,2-3,8-9H2,1H3. The number of aromatic nitrogens is 1. The first-order valence-corrected chi connectivity index (χ1v) is 10.3. The summed E-state index contributed by atoms with van der Waals surface area (Å²) in [6.45, 7) is 1.44. The molecule has 1 aromatic carbocycles. The van der Waals surface area contributed by atoms with E-state index < -0.39 is 10.0 Å². The van der Waals surface area contributed by atoms with Gasteiger partial charge in [-0.25, -0.2) is 8.42 Å². The maximum absolute atomic E-state index is 12.5. The fraction of sp³-hybridized carbons (Fsp3) is 0.312. The molecular weight excluding hydrogens is 346 g/mol. The van der Waals surface area contributed by atoms with Crippen LogP contribution < -0.4 is 4.72 Å². The Morgan fingerprint density at radius 3 is 2.50 bits per heavy atom. The smallest absolute Gasteiger partial charge is 0.270 e. The molecule has 8 heteroatoms. The Morgan fingerprint density at radius 2 is 1.88 bits per heavy atom. The number of nitrogens with one attached hydrogen (secondary N) is 2. The number of amides is 1. The molecule has 0 unspecified atom stereocenters. The third kappa shape index (κ3) is 3.59. The molecular formula is C16H19N3O3S2. The highest BCUT2D eigenvalue weighted by Crippen LogP contribution is 2.21. The molecule has 0 bridgehead atoms. The third-order valence-electron chi connectivity index (χ3n) is 3.93. The van der Waals surface area contributed by atoms with Crippen LogP contribution in [0.15, 0.2) is 46.3 Å². The lowest BCUT2D eigenvalue weighted by Gasteiger charge is -2.13. The van der Waals surface area contributed by atoms with Crippen LogP contribution in [0.3, 0.4) is 0 Å². The molecule has 0 saturated carbocycles. The van der Waals surface area contributed by atoms with Crippen LogP contribution in [0.1, 0.15) is 23.3 Å². The van der Waals surface area contributed by atoms with Crippen molar-refractivity contribution in [1.29, 1.82) is 0 Å². The number of anilines is 1. The molecule has 3 rings (SSSR count). The van der Waals surface area contributed by atoms with Crippen molar-refractivity contribution in [1.82, 2.24) is 9.88 Å². The van der Waals surface area contributed by atoms with Gasteiger partial charge >= 0.3 is 0 Å². The predicted molar refractivity (Wildman–Crippen MR) is 95.0 cm³/mol. The van der Waals surface area contributed by atoms with Gasteiger partial charge in [-0.05, 0) is 49.4 Å². The molecule has 1 aliphatic rings. The number of hydrogen-bond donors (Lipinski definition) is 2. The number of likely N-dealkylation sites (tertiary alicyclic amines) is 1. The largest absolute Gasteiger partial charge is 0.356 e. The van der Waals surface area contributed by atoms with Crippen LogP contribution in [0.5, 0.6) is 0 Å². The second-order valence-corrected chi connectivity index (χ2v) is 8.14. The van der Waals surface area contributed by atoms with Gasteiger partial charge in [-0.3, -0.25) is 9.52 Å². The van der Waals surface area contributed by atoms with Gasteiger partial charge in [0, 0.05) is 29.9 Å². The van der Waals surface area contributed by atoms with Crippen molar-refractivity contribution in [2.75, 3.05) is 24.1 Å². The molecule has 1 fully saturated rings. The van der Waals surface area contributed by atoms with Crippen LogP contribution in [0, 0.1) is 0 Å². The van der Waals surface area contributed by atoms with Crippen LogP contribution in [-0.4, -0.2) is 43.6 Å². The first-order valence-electron chi connectivity index (χ1n) is 7.64. The lowest BCUT2D eigenvalue weighted by atomic mass is 10.3. The minimum Gasteiger partial charge on any atom is -0.356 e. The summed E-state index contributed by atoms with van der Waals surface area (Å²) in [5, 5.41) is 0. The summed E-state index contributed by atoms with van der Waals surface area (Å²) in [7, 11) is -3.73. The summed E-state index contributed by atoms with van der Waals surface area (Å²) < 4.78 is 27.4. The summed E-state index contributed by atoms with van der Waals surface area (Å²) in [5.41, 5.74) is 0.788. The summed E-state index contributed by atoms with van der Waals surface area (Å²) in [4.78, 5) is 17.9. The molecule has 1 amide bonds. The summed E-state index contributed by atoms with van der Waals surface area (Å²) in [6, 6.07) is 8.52. The number of aromatic amines is 1. The molecule has 128 valence electrons. The first-order chi connectivity index (χ1) is 11.5. The normalized spacial score (nSPS) is 14.8. The van der Waals surface area contributed by atoms with Gasteiger partial charge in [-0.2, -0.15) is 0 Å². The van der Waals surface area contributed by atoms with Gasteiger partial charge in [0.2, 0.25) is 0 Å². The fourth-order valence-corrected chi connectivity index (χ4v) is 4.08. The Kier molecular flexibility index (Phi) is 4.86. The quantitative estimate of drug-likeness (QED) is 0.798. The number of benzene rings is 1. The number of nitrogens with zero attached hydrogens (tertiary/aromatic N) is 1. The van der Waals surface area contributed by atoms with Gasteiger partial charge in [0.05, 0.1) is 0 Å². The third-order valence-corrected chi connectivity index (χ3v) is 6.04. The van der Waals surface area contributed by atoms with E-state index in [2.05, 4.69) is 9.71 Å². The zero-order chi connectivity index (χ0) is 17.2. The number of rotatable bonds is 5. The maximum Gasteiger partial charge on any atom is 0.270 e. The van der Waals surface area contributed by atoms with Gasteiger partial charge in [0.1, 0.15) is 10.6 Å². The summed E-state index contributed by atoms with van der Waals surface area (Å²) in [6.07, 6.45) is 5.29. The topological polar surface area (TPSA) is 82.3 Å². The molecule has 0 atom stereocenters. The Bertz CT molecular complexity index is 823. The summed E-state index contributed by atoms with van der Waals surface area (Å²) >= 11 is 1.59. The molecule has 24 heavy (non-hydrogen) atoms. The van der Waals surface area contributed by atoms with E-state index >= 15 is 0 Å². The number of sulfonamides is 1. The Balaban J connectivity index is 1.75. The van der Waals surface area contributed by atoms with E-state index in [-0.39, 0.29) is 10.8 Å². The van der Waals surface area contributed by atoms with E-state index in [0.717, 1.165) is 30.8 Å². The minimum absolute atomic E-state index is 0.0546. The lowest BCUT2D eigenvalue weighted by Crippen LogP contribution is -2.27. The van der Waals surface area contributed by atoms with E-state index in [0.29, 0.717) is 11.4 Å². The SMILES string of the molecule is CSc1ccc(NS(=O)(=O)c2c[nH]c(C(=O)N3CCCC3)c2)cc1. The van der Waals surface area contributed by atoms with E-state index in [1.165, 1.54) is 12.3 Å². The second-order valence-electron chi connectivity index (χ2n) is 5.58. The molecule has 0 radical (unpaired) electrons. The first kappa shape index (κ1) is 16.9. The van der Waals surface area contributed by atoms with Crippen molar-refractivity contribution in [3.8, 4) is 0 Å². The van der Waals surface area contributed by atoms with Gasteiger partial charge in [-0.15, -0.1) is 11.8 Å². The van der Waals surface area contributed by atoms with Gasteiger partial charge < -0.3 is 9.88 Å². The molecule has 1 aliphatic heterocycles. The Labute approximate surface area is 145 Å². The van der Waals surface area contributed by atoms with Crippen molar-refractivity contribution < 1.29 is 13.2 Å². The highest BCUT2D eigenvalue weighted by molar-refractivity contribution is 7.98. The maximum atomic E-state index is 12.5. The van der Waals surface area contributed by atoms with Crippen molar-refractivity contribution in [2.45, 2.75) is 22.6 Å². The van der Waals surface area contributed by atoms with Crippen LogP contribution in [0.2, 0.25) is 0 Å². The van der Waals surface area contributed by atoms with E-state index in [9.17, 15) is 13.2 Å². The molecule has 0 aliphatic carbocycles. The average Bonchev–Trinajstić information content (AvgIpc) is 3.26. The zero-order valence-corrected chi connectivity index (χ0v) is 14.9. The van der Waals surface area contributed by atoms with Crippen molar-refractivity contribution in [2.24, 2.45) is 0 Å². The Hall–Kier alpha value is -1.93. The van der Waals surface area contributed by atoms with Gasteiger partial charge in [-0.1, -0.05) is 0 Å². The van der Waals surface area contributed by atoms with E-state index in [1.807, 2.05) is 18.4 Å². The van der Waals surface area contributed by atoms with Crippen LogP contribution in [0.4, 0.5) is 5.69 Å². The molecule has 6 nitrogen and oxygen atoms in total. The average molecular weight is 365 g/mol. The fourth-order valence-electron chi connectivity index (χ4n) is 2.62. The molecule has 2 heterocycles. The monoisotopic (exact) mass is 365 g/mol. The van der Waals surface area contributed by atoms with Crippen LogP contribution >= 0.6 is 11.8 Å². The van der Waals surface area contributed by atoms with Gasteiger partial charge in [0.25, 0.3) is 15.9 Å². The number of thioether (sulfide) groups is 1. The molecule has 2 aromatic rings. The number of hydrogen-bond acceptors (Lipinski definition) is 4. The van der Waals surface area contributed by atoms with Crippen molar-refractivity contribution >= 4 is 33.4 Å². The van der Waals surface area contributed by atoms with Crippen LogP contribution in [-0.2, 0) is 10.0 Å². The lowest BCUT2D eigenvalue weighted by molar-refractivity contribution is 0.0787. The van der Waals surface area contributed by atoms with E-state index in [4.69, 9.17) is 0 Å². The predicted octanol–water partition coefficient (Wildman–Crippen LogP) is 2.77. The zero-order valence-electron chi connectivity index (χ0n) is 13.3. The van der Waals surface area contributed by atoms with Crippen molar-refractivity contribution in [3.63, 3.8) is 0 Å².